The highest BCUT2D eigenvalue weighted by molar-refractivity contribution is 7.89. The van der Waals surface area contributed by atoms with Crippen molar-refractivity contribution in [2.24, 2.45) is 0 Å². The van der Waals surface area contributed by atoms with Gasteiger partial charge < -0.3 is 4.74 Å². The first-order valence-electron chi connectivity index (χ1n) is 7.72. The van der Waals surface area contributed by atoms with Gasteiger partial charge in [-0.2, -0.15) is 4.72 Å². The van der Waals surface area contributed by atoms with Crippen LogP contribution in [0.5, 0.6) is 0 Å². The van der Waals surface area contributed by atoms with Gasteiger partial charge in [0.25, 0.3) is 11.4 Å². The Labute approximate surface area is 159 Å². The number of hydrogen-bond acceptors (Lipinski definition) is 8. The highest BCUT2D eigenvalue weighted by Crippen LogP contribution is 2.18. The minimum Gasteiger partial charge on any atom is -0.468 e. The normalized spacial score (nSPS) is 12.2. The second-order valence-corrected chi connectivity index (χ2v) is 7.29. The van der Waals surface area contributed by atoms with Gasteiger partial charge in [0.05, 0.1) is 21.9 Å². The van der Waals surface area contributed by atoms with E-state index in [1.807, 2.05) is 0 Å². The maximum Gasteiger partial charge on any atom is 0.324 e. The molecule has 0 bridgehead atoms. The Hall–Kier alpha value is -3.38. The summed E-state index contributed by atoms with van der Waals surface area (Å²) in [4.78, 5) is 31.8. The molecule has 0 aliphatic carbocycles. The van der Waals surface area contributed by atoms with Crippen LogP contribution in [0, 0.1) is 20.2 Å². The molecule has 0 amide bonds. The average Bonchev–Trinajstić information content (AvgIpc) is 2.67. The first kappa shape index (κ1) is 20.9. The molecule has 0 saturated carbocycles. The minimum absolute atomic E-state index is 0.114. The van der Waals surface area contributed by atoms with E-state index in [2.05, 4.69) is 9.46 Å². The highest BCUT2D eigenvalue weighted by Gasteiger charge is 2.27. The summed E-state index contributed by atoms with van der Waals surface area (Å²) in [7, 11) is -3.09. The molecule has 2 aromatic rings. The van der Waals surface area contributed by atoms with Crippen molar-refractivity contribution >= 4 is 27.4 Å². The van der Waals surface area contributed by atoms with E-state index in [1.165, 1.54) is 24.3 Å². The molecule has 148 valence electrons. The number of methoxy groups -OCH3 is 1. The Balaban J connectivity index is 2.24. The average molecular weight is 409 g/mol. The summed E-state index contributed by atoms with van der Waals surface area (Å²) >= 11 is 0. The van der Waals surface area contributed by atoms with Gasteiger partial charge in [-0.05, 0) is 24.1 Å². The number of rotatable bonds is 8. The smallest absolute Gasteiger partial charge is 0.324 e. The van der Waals surface area contributed by atoms with Gasteiger partial charge in [0.1, 0.15) is 6.04 Å². The number of benzene rings is 2. The van der Waals surface area contributed by atoms with Crippen LogP contribution >= 0.6 is 0 Å². The second kappa shape index (κ2) is 8.54. The quantitative estimate of drug-likeness (QED) is 0.391. The van der Waals surface area contributed by atoms with E-state index in [1.54, 1.807) is 0 Å². The van der Waals surface area contributed by atoms with E-state index in [0.29, 0.717) is 5.56 Å². The lowest BCUT2D eigenvalue weighted by atomic mass is 10.1. The van der Waals surface area contributed by atoms with Crippen molar-refractivity contribution in [3.05, 3.63) is 74.3 Å². The number of nitrogens with zero attached hydrogens (tertiary/aromatic N) is 2. The lowest BCUT2D eigenvalue weighted by molar-refractivity contribution is -0.385. The van der Waals surface area contributed by atoms with Crippen LogP contribution in [0.15, 0.2) is 53.4 Å². The molecule has 0 unspecified atom stereocenters. The number of ether oxygens (including phenoxy) is 1. The Kier molecular flexibility index (Phi) is 6.38. The topological polar surface area (TPSA) is 159 Å². The molecule has 1 atom stereocenters. The van der Waals surface area contributed by atoms with Crippen molar-refractivity contribution in [1.29, 1.82) is 0 Å². The summed E-state index contributed by atoms with van der Waals surface area (Å²) in [5.74, 6) is -0.858. The van der Waals surface area contributed by atoms with E-state index in [9.17, 15) is 33.4 Å². The zero-order valence-corrected chi connectivity index (χ0v) is 15.3. The summed E-state index contributed by atoms with van der Waals surface area (Å²) in [6.07, 6.45) is -0.114. The number of hydrogen-bond donors (Lipinski definition) is 1. The fourth-order valence-electron chi connectivity index (χ4n) is 2.31. The number of esters is 1. The molecule has 0 radical (unpaired) electrons. The zero-order chi connectivity index (χ0) is 20.9. The third-order valence-electron chi connectivity index (χ3n) is 3.73. The van der Waals surface area contributed by atoms with E-state index in [0.717, 1.165) is 31.4 Å². The molecule has 2 aromatic carbocycles. The maximum absolute atomic E-state index is 12.5. The summed E-state index contributed by atoms with van der Waals surface area (Å²) in [6.45, 7) is 0. The van der Waals surface area contributed by atoms with Crippen molar-refractivity contribution < 1.29 is 27.8 Å². The van der Waals surface area contributed by atoms with Crippen LogP contribution in [0.4, 0.5) is 11.4 Å². The highest BCUT2D eigenvalue weighted by atomic mass is 32.2. The van der Waals surface area contributed by atoms with Gasteiger partial charge in [-0.15, -0.1) is 0 Å². The van der Waals surface area contributed by atoms with Crippen molar-refractivity contribution in [2.45, 2.75) is 17.4 Å². The van der Waals surface area contributed by atoms with Gasteiger partial charge >= 0.3 is 5.97 Å². The zero-order valence-electron chi connectivity index (χ0n) is 14.5. The van der Waals surface area contributed by atoms with Crippen LogP contribution in [0.3, 0.4) is 0 Å². The van der Waals surface area contributed by atoms with Crippen LogP contribution < -0.4 is 4.72 Å². The molecule has 2 rings (SSSR count). The van der Waals surface area contributed by atoms with E-state index >= 15 is 0 Å². The van der Waals surface area contributed by atoms with Crippen LogP contribution in [-0.2, 0) is 26.0 Å². The molecule has 0 heterocycles. The van der Waals surface area contributed by atoms with Gasteiger partial charge in [-0.3, -0.25) is 25.0 Å². The molecule has 0 aromatic heterocycles. The van der Waals surface area contributed by atoms with Crippen LogP contribution in [0.25, 0.3) is 0 Å². The predicted molar refractivity (Wildman–Crippen MR) is 96.0 cm³/mol. The van der Waals surface area contributed by atoms with E-state index < -0.39 is 31.9 Å². The molecule has 0 saturated heterocycles. The number of nitro benzene ring substituents is 2. The van der Waals surface area contributed by atoms with Crippen LogP contribution in [0.1, 0.15) is 5.56 Å². The molecule has 1 N–H and O–H groups in total. The fraction of sp³-hybridized carbons (Fsp3) is 0.188. The van der Waals surface area contributed by atoms with Crippen LogP contribution in [0.2, 0.25) is 0 Å². The second-order valence-electron chi connectivity index (χ2n) is 5.58. The Morgan fingerprint density at radius 2 is 1.46 bits per heavy atom. The maximum atomic E-state index is 12.5. The molecule has 12 heteroatoms. The van der Waals surface area contributed by atoms with Gasteiger partial charge in [-0.25, -0.2) is 8.42 Å². The number of sulfonamides is 1. The summed E-state index contributed by atoms with van der Waals surface area (Å²) in [5.41, 5.74) is 0.0339. The molecule has 0 aliphatic rings. The van der Waals surface area contributed by atoms with Crippen LogP contribution in [-0.4, -0.2) is 37.4 Å². The monoisotopic (exact) mass is 409 g/mol. The third-order valence-corrected chi connectivity index (χ3v) is 5.22. The van der Waals surface area contributed by atoms with Crippen molar-refractivity contribution in [2.75, 3.05) is 7.11 Å². The van der Waals surface area contributed by atoms with Crippen molar-refractivity contribution in [3.63, 3.8) is 0 Å². The first-order chi connectivity index (χ1) is 13.1. The molecular formula is C16H15N3O8S. The Bertz CT molecular complexity index is 988. The molecule has 0 fully saturated rings. The van der Waals surface area contributed by atoms with Gasteiger partial charge in [0.15, 0.2) is 0 Å². The van der Waals surface area contributed by atoms with Gasteiger partial charge in [0, 0.05) is 24.3 Å². The van der Waals surface area contributed by atoms with E-state index in [4.69, 9.17) is 0 Å². The Morgan fingerprint density at radius 3 is 1.89 bits per heavy atom. The molecular weight excluding hydrogens is 394 g/mol. The number of nitro groups is 2. The molecule has 11 nitrogen and oxygen atoms in total. The number of carbonyl (C=O) groups is 1. The number of carbonyl (C=O) groups excluding carboxylic acids is 1. The van der Waals surface area contributed by atoms with Gasteiger partial charge in [0.2, 0.25) is 10.0 Å². The summed E-state index contributed by atoms with van der Waals surface area (Å²) < 4.78 is 31.8. The van der Waals surface area contributed by atoms with Crippen molar-refractivity contribution in [1.82, 2.24) is 4.72 Å². The third kappa shape index (κ3) is 5.08. The largest absolute Gasteiger partial charge is 0.468 e. The van der Waals surface area contributed by atoms with Crippen molar-refractivity contribution in [3.8, 4) is 0 Å². The molecule has 0 aliphatic heterocycles. The number of non-ortho nitro benzene ring substituents is 2. The minimum atomic E-state index is -4.18. The van der Waals surface area contributed by atoms with E-state index in [-0.39, 0.29) is 22.7 Å². The number of nitrogens with one attached hydrogen (secondary N) is 1. The van der Waals surface area contributed by atoms with Gasteiger partial charge in [-0.1, -0.05) is 12.1 Å². The molecule has 0 spiro atoms. The summed E-state index contributed by atoms with van der Waals surface area (Å²) in [5, 5.41) is 21.4. The predicted octanol–water partition coefficient (Wildman–Crippen LogP) is 1.57. The summed E-state index contributed by atoms with van der Waals surface area (Å²) in [6, 6.07) is 8.09. The standard InChI is InChI=1S/C16H15N3O8S/c1-27-16(20)15(10-11-2-4-12(5-3-11)18(21)22)17-28(25,26)14-8-6-13(7-9-14)19(23)24/h2-9,15,17H,10H2,1H3/t15-/m0/s1. The lowest BCUT2D eigenvalue weighted by Crippen LogP contribution is -2.42. The SMILES string of the molecule is COC(=O)[C@H](Cc1ccc([N+](=O)[O-])cc1)NS(=O)(=O)c1ccc([N+](=O)[O-])cc1. The Morgan fingerprint density at radius 1 is 1.00 bits per heavy atom. The fourth-order valence-corrected chi connectivity index (χ4v) is 3.49. The molecule has 28 heavy (non-hydrogen) atoms. The lowest BCUT2D eigenvalue weighted by Gasteiger charge is -2.16. The first-order valence-corrected chi connectivity index (χ1v) is 9.20.